The van der Waals surface area contributed by atoms with Crippen LogP contribution in [0.15, 0.2) is 79.8 Å². The molecule has 0 aliphatic carbocycles. The lowest BCUT2D eigenvalue weighted by Gasteiger charge is -2.11. The fourth-order valence-corrected chi connectivity index (χ4v) is 3.37. The van der Waals surface area contributed by atoms with Crippen molar-refractivity contribution in [1.29, 1.82) is 0 Å². The third kappa shape index (κ3) is 3.38. The minimum Gasteiger partial charge on any atom is -0.480 e. The number of nitrogens with one attached hydrogen (secondary N) is 1. The van der Waals surface area contributed by atoms with Gasteiger partial charge in [-0.1, -0.05) is 6.07 Å². The highest BCUT2D eigenvalue weighted by Gasteiger charge is 2.18. The van der Waals surface area contributed by atoms with Crippen LogP contribution >= 0.6 is 0 Å². The number of pyridine rings is 2. The Morgan fingerprint density at radius 2 is 1.84 bits per heavy atom. The van der Waals surface area contributed by atoms with Crippen molar-refractivity contribution in [3.8, 4) is 22.8 Å². The van der Waals surface area contributed by atoms with Crippen molar-refractivity contribution < 1.29 is 9.53 Å². The number of methoxy groups -OCH3 is 1. The maximum absolute atomic E-state index is 13.0. The molecule has 5 heterocycles. The Labute approximate surface area is 177 Å². The van der Waals surface area contributed by atoms with Crippen molar-refractivity contribution in [2.75, 3.05) is 12.4 Å². The van der Waals surface area contributed by atoms with Crippen LogP contribution in [0.2, 0.25) is 0 Å². The number of anilines is 1. The molecule has 0 aromatic carbocycles. The highest BCUT2D eigenvalue weighted by molar-refractivity contribution is 6.04. The number of aromatic nitrogens is 6. The highest BCUT2D eigenvalue weighted by Crippen LogP contribution is 2.24. The maximum atomic E-state index is 13.0. The standard InChI is InChI=1S/C22H17N7O2/c1-31-22-18(3-2-9-25-22)27-21(30)19-8-10-26-29(19)20-7-6-17-5-4-15(13-28(17)20)16-11-23-14-24-12-16/h2-14H,1H3,(H,27,30). The van der Waals surface area contributed by atoms with Crippen LogP contribution in [0, 0.1) is 0 Å². The summed E-state index contributed by atoms with van der Waals surface area (Å²) in [5, 5.41) is 7.22. The first-order valence-electron chi connectivity index (χ1n) is 9.46. The molecule has 1 amide bonds. The van der Waals surface area contributed by atoms with Crippen molar-refractivity contribution in [1.82, 2.24) is 29.1 Å². The number of hydrogen-bond acceptors (Lipinski definition) is 6. The van der Waals surface area contributed by atoms with E-state index in [0.717, 1.165) is 22.5 Å². The Bertz CT molecular complexity index is 1380. The molecule has 5 aromatic rings. The van der Waals surface area contributed by atoms with Crippen LogP contribution in [0.1, 0.15) is 10.5 Å². The monoisotopic (exact) mass is 411 g/mol. The first-order valence-corrected chi connectivity index (χ1v) is 9.46. The summed E-state index contributed by atoms with van der Waals surface area (Å²) in [6.07, 6.45) is 10.2. The van der Waals surface area contributed by atoms with Gasteiger partial charge >= 0.3 is 0 Å². The van der Waals surface area contributed by atoms with Gasteiger partial charge in [-0.05, 0) is 36.4 Å². The van der Waals surface area contributed by atoms with E-state index in [1.54, 1.807) is 47.7 Å². The molecule has 0 saturated carbocycles. The third-order valence-corrected chi connectivity index (χ3v) is 4.83. The molecule has 0 saturated heterocycles. The molecule has 0 spiro atoms. The van der Waals surface area contributed by atoms with Crippen LogP contribution in [0.5, 0.6) is 5.88 Å². The van der Waals surface area contributed by atoms with E-state index >= 15 is 0 Å². The van der Waals surface area contributed by atoms with Crippen molar-refractivity contribution in [2.24, 2.45) is 0 Å². The van der Waals surface area contributed by atoms with Crippen LogP contribution < -0.4 is 10.1 Å². The van der Waals surface area contributed by atoms with E-state index in [1.807, 2.05) is 34.9 Å². The van der Waals surface area contributed by atoms with Crippen molar-refractivity contribution in [3.63, 3.8) is 0 Å². The molecule has 0 atom stereocenters. The van der Waals surface area contributed by atoms with E-state index in [9.17, 15) is 4.79 Å². The second kappa shape index (κ2) is 7.71. The molecule has 0 aliphatic rings. The maximum Gasteiger partial charge on any atom is 0.274 e. The van der Waals surface area contributed by atoms with Crippen molar-refractivity contribution in [3.05, 3.63) is 85.5 Å². The van der Waals surface area contributed by atoms with Gasteiger partial charge in [0.05, 0.1) is 13.3 Å². The quantitative estimate of drug-likeness (QED) is 0.477. The van der Waals surface area contributed by atoms with Gasteiger partial charge in [0.25, 0.3) is 5.91 Å². The van der Waals surface area contributed by atoms with Gasteiger partial charge in [-0.25, -0.2) is 19.6 Å². The summed E-state index contributed by atoms with van der Waals surface area (Å²) in [6.45, 7) is 0. The number of amides is 1. The number of carbonyl (C=O) groups is 1. The summed E-state index contributed by atoms with van der Waals surface area (Å²) < 4.78 is 8.78. The molecular weight excluding hydrogens is 394 g/mol. The Morgan fingerprint density at radius 3 is 2.68 bits per heavy atom. The average molecular weight is 411 g/mol. The smallest absolute Gasteiger partial charge is 0.274 e. The summed E-state index contributed by atoms with van der Waals surface area (Å²) in [5.41, 5.74) is 3.66. The molecular formula is C22H17N7O2. The number of ether oxygens (including phenoxy) is 1. The first kappa shape index (κ1) is 18.5. The summed E-state index contributed by atoms with van der Waals surface area (Å²) in [5.74, 6) is 0.734. The van der Waals surface area contributed by atoms with Crippen LogP contribution in [0.25, 0.3) is 22.5 Å². The van der Waals surface area contributed by atoms with Crippen LogP contribution in [0.3, 0.4) is 0 Å². The fourth-order valence-electron chi connectivity index (χ4n) is 3.37. The second-order valence-electron chi connectivity index (χ2n) is 6.67. The zero-order chi connectivity index (χ0) is 21.2. The Hall–Kier alpha value is -4.53. The predicted molar refractivity (Wildman–Crippen MR) is 114 cm³/mol. The van der Waals surface area contributed by atoms with E-state index in [-0.39, 0.29) is 5.91 Å². The zero-order valence-electron chi connectivity index (χ0n) is 16.5. The molecule has 0 aliphatic heterocycles. The predicted octanol–water partition coefficient (Wildman–Crippen LogP) is 3.24. The molecule has 9 nitrogen and oxygen atoms in total. The van der Waals surface area contributed by atoms with Gasteiger partial charge in [0.1, 0.15) is 23.5 Å². The number of carbonyl (C=O) groups excluding carboxylic acids is 1. The molecule has 5 aromatic heterocycles. The van der Waals surface area contributed by atoms with Crippen molar-refractivity contribution in [2.45, 2.75) is 0 Å². The van der Waals surface area contributed by atoms with Crippen molar-refractivity contribution >= 4 is 17.1 Å². The zero-order valence-corrected chi connectivity index (χ0v) is 16.5. The van der Waals surface area contributed by atoms with Crippen LogP contribution in [-0.4, -0.2) is 42.2 Å². The third-order valence-electron chi connectivity index (χ3n) is 4.83. The van der Waals surface area contributed by atoms with E-state index in [0.29, 0.717) is 17.3 Å². The summed E-state index contributed by atoms with van der Waals surface area (Å²) in [7, 11) is 1.50. The molecule has 5 rings (SSSR count). The minimum absolute atomic E-state index is 0.327. The Morgan fingerprint density at radius 1 is 1.00 bits per heavy atom. The number of hydrogen-bond donors (Lipinski definition) is 1. The second-order valence-corrected chi connectivity index (χ2v) is 6.67. The number of rotatable bonds is 5. The molecule has 0 bridgehead atoms. The molecule has 152 valence electrons. The molecule has 0 radical (unpaired) electrons. The highest BCUT2D eigenvalue weighted by atomic mass is 16.5. The number of fused-ring (bicyclic) bond motifs is 1. The number of nitrogens with zero attached hydrogens (tertiary/aromatic N) is 6. The summed E-state index contributed by atoms with van der Waals surface area (Å²) >= 11 is 0. The van der Waals surface area contributed by atoms with Gasteiger partial charge in [0, 0.05) is 41.4 Å². The minimum atomic E-state index is -0.327. The van der Waals surface area contributed by atoms with E-state index in [2.05, 4.69) is 25.4 Å². The summed E-state index contributed by atoms with van der Waals surface area (Å²) in [6, 6.07) is 13.0. The van der Waals surface area contributed by atoms with Gasteiger partial charge in [-0.2, -0.15) is 5.10 Å². The van der Waals surface area contributed by atoms with Gasteiger partial charge in [-0.3, -0.25) is 4.79 Å². The first-order chi connectivity index (χ1) is 15.2. The Balaban J connectivity index is 1.53. The van der Waals surface area contributed by atoms with Crippen LogP contribution in [0.4, 0.5) is 5.69 Å². The molecule has 31 heavy (non-hydrogen) atoms. The lowest BCUT2D eigenvalue weighted by molar-refractivity contribution is 0.101. The van der Waals surface area contributed by atoms with E-state index in [4.69, 9.17) is 4.74 Å². The topological polar surface area (TPSA) is 99.2 Å². The lowest BCUT2D eigenvalue weighted by atomic mass is 10.1. The largest absolute Gasteiger partial charge is 0.480 e. The Kier molecular flexibility index (Phi) is 4.60. The van der Waals surface area contributed by atoms with Gasteiger partial charge < -0.3 is 14.5 Å². The molecule has 0 unspecified atom stereocenters. The van der Waals surface area contributed by atoms with Gasteiger partial charge in [-0.15, -0.1) is 0 Å². The molecule has 1 N–H and O–H groups in total. The van der Waals surface area contributed by atoms with Gasteiger partial charge in [0.15, 0.2) is 0 Å². The van der Waals surface area contributed by atoms with E-state index in [1.165, 1.54) is 13.4 Å². The normalized spacial score (nSPS) is 10.9. The summed E-state index contributed by atoms with van der Waals surface area (Å²) in [4.78, 5) is 25.3. The fraction of sp³-hybridized carbons (Fsp3) is 0.0455. The van der Waals surface area contributed by atoms with Crippen LogP contribution in [-0.2, 0) is 0 Å². The molecule has 9 heteroatoms. The average Bonchev–Trinajstić information content (AvgIpc) is 3.46. The lowest BCUT2D eigenvalue weighted by Crippen LogP contribution is -2.18. The van der Waals surface area contributed by atoms with Gasteiger partial charge in [0.2, 0.25) is 5.88 Å². The van der Waals surface area contributed by atoms with E-state index < -0.39 is 0 Å². The SMILES string of the molecule is COc1ncccc1NC(=O)c1ccnn1-c1ccc2ccc(-c3cncnc3)cn12. The molecule has 0 fully saturated rings.